The Morgan fingerprint density at radius 1 is 1.00 bits per heavy atom. The van der Waals surface area contributed by atoms with E-state index in [9.17, 15) is 8.42 Å². The first-order valence-corrected chi connectivity index (χ1v) is 13.1. The van der Waals surface area contributed by atoms with Crippen LogP contribution in [0, 0.1) is 6.92 Å². The van der Waals surface area contributed by atoms with Crippen molar-refractivity contribution in [3.63, 3.8) is 0 Å². The van der Waals surface area contributed by atoms with Gasteiger partial charge in [0.2, 0.25) is 0 Å². The summed E-state index contributed by atoms with van der Waals surface area (Å²) in [5, 5.41) is 0.408. The minimum atomic E-state index is -3.75. The van der Waals surface area contributed by atoms with Crippen molar-refractivity contribution in [2.75, 3.05) is 50.0 Å². The zero-order valence-electron chi connectivity index (χ0n) is 20.0. The summed E-state index contributed by atoms with van der Waals surface area (Å²) in [6.45, 7) is 6.00. The number of anilines is 2. The van der Waals surface area contributed by atoms with Crippen LogP contribution in [0.3, 0.4) is 0 Å². The molecular weight excluding hydrogens is 488 g/mol. The Labute approximate surface area is 211 Å². The lowest BCUT2D eigenvalue weighted by atomic mass is 10.1. The second-order valence-corrected chi connectivity index (χ2v) is 10.5. The average molecular weight is 517 g/mol. The number of aryl methyl sites for hydroxylation is 1. The van der Waals surface area contributed by atoms with Crippen LogP contribution in [0.2, 0.25) is 5.02 Å². The van der Waals surface area contributed by atoms with Gasteiger partial charge in [0, 0.05) is 49.4 Å². The predicted molar refractivity (Wildman–Crippen MR) is 138 cm³/mol. The number of nitrogens with one attached hydrogen (secondary N) is 1. The molecule has 1 N–H and O–H groups in total. The van der Waals surface area contributed by atoms with Crippen LogP contribution in [-0.4, -0.2) is 58.7 Å². The summed E-state index contributed by atoms with van der Waals surface area (Å²) >= 11 is 6.09. The number of halogens is 1. The van der Waals surface area contributed by atoms with Crippen molar-refractivity contribution in [3.05, 3.63) is 70.9 Å². The first-order chi connectivity index (χ1) is 16.8. The minimum Gasteiger partial charge on any atom is -0.497 e. The SMILES string of the molecule is COc1ccc(CN2CCN(c3ccc(NS(=O)(=O)c4ccc(C)c(Cl)c4)cn3)CC2)c(OC)c1. The van der Waals surface area contributed by atoms with Gasteiger partial charge in [0.25, 0.3) is 10.0 Å². The highest BCUT2D eigenvalue weighted by molar-refractivity contribution is 7.92. The van der Waals surface area contributed by atoms with Crippen molar-refractivity contribution < 1.29 is 17.9 Å². The molecule has 0 bridgehead atoms. The molecule has 0 amide bonds. The number of benzene rings is 2. The molecule has 8 nitrogen and oxygen atoms in total. The van der Waals surface area contributed by atoms with E-state index in [4.69, 9.17) is 21.1 Å². The maximum atomic E-state index is 12.7. The second kappa shape index (κ2) is 10.7. The highest BCUT2D eigenvalue weighted by Gasteiger charge is 2.20. The summed E-state index contributed by atoms with van der Waals surface area (Å²) in [4.78, 5) is 9.17. The number of hydrogen-bond acceptors (Lipinski definition) is 7. The average Bonchev–Trinajstić information content (AvgIpc) is 2.86. The zero-order valence-corrected chi connectivity index (χ0v) is 21.6. The van der Waals surface area contributed by atoms with Gasteiger partial charge in [-0.2, -0.15) is 0 Å². The first kappa shape index (κ1) is 25.1. The molecule has 1 aliphatic heterocycles. The first-order valence-electron chi connectivity index (χ1n) is 11.2. The van der Waals surface area contributed by atoms with Crippen LogP contribution in [0.1, 0.15) is 11.1 Å². The van der Waals surface area contributed by atoms with E-state index < -0.39 is 10.0 Å². The Hall–Kier alpha value is -3.01. The normalized spacial score (nSPS) is 14.6. The maximum Gasteiger partial charge on any atom is 0.261 e. The number of piperazine rings is 1. The van der Waals surface area contributed by atoms with Crippen LogP contribution in [0.15, 0.2) is 59.6 Å². The molecule has 3 aromatic rings. The van der Waals surface area contributed by atoms with Crippen LogP contribution in [0.4, 0.5) is 11.5 Å². The van der Waals surface area contributed by atoms with E-state index in [1.165, 1.54) is 18.3 Å². The molecule has 186 valence electrons. The molecule has 0 radical (unpaired) electrons. The Morgan fingerprint density at radius 2 is 1.77 bits per heavy atom. The molecule has 0 saturated carbocycles. The van der Waals surface area contributed by atoms with Crippen molar-refractivity contribution in [2.45, 2.75) is 18.4 Å². The molecule has 1 aliphatic rings. The fourth-order valence-electron chi connectivity index (χ4n) is 3.95. The van der Waals surface area contributed by atoms with E-state index in [2.05, 4.69) is 19.5 Å². The third-order valence-corrected chi connectivity index (χ3v) is 7.82. The van der Waals surface area contributed by atoms with Crippen molar-refractivity contribution in [3.8, 4) is 11.5 Å². The number of sulfonamides is 1. The fraction of sp³-hybridized carbons (Fsp3) is 0.320. The van der Waals surface area contributed by atoms with Crippen molar-refractivity contribution in [1.82, 2.24) is 9.88 Å². The zero-order chi connectivity index (χ0) is 25.0. The molecule has 1 fully saturated rings. The molecule has 4 rings (SSSR count). The van der Waals surface area contributed by atoms with E-state index in [0.717, 1.165) is 61.2 Å². The van der Waals surface area contributed by atoms with Gasteiger partial charge in [-0.25, -0.2) is 13.4 Å². The Morgan fingerprint density at radius 3 is 2.40 bits per heavy atom. The molecule has 0 aliphatic carbocycles. The largest absolute Gasteiger partial charge is 0.497 e. The third kappa shape index (κ3) is 5.98. The van der Waals surface area contributed by atoms with Gasteiger partial charge in [0.1, 0.15) is 17.3 Å². The van der Waals surface area contributed by atoms with Crippen molar-refractivity contribution in [1.29, 1.82) is 0 Å². The monoisotopic (exact) mass is 516 g/mol. The van der Waals surface area contributed by atoms with Crippen LogP contribution < -0.4 is 19.1 Å². The number of methoxy groups -OCH3 is 2. The molecule has 35 heavy (non-hydrogen) atoms. The molecular formula is C25H29ClN4O4S. The van der Waals surface area contributed by atoms with E-state index in [1.54, 1.807) is 26.4 Å². The van der Waals surface area contributed by atoms with Crippen LogP contribution in [0.5, 0.6) is 11.5 Å². The van der Waals surface area contributed by atoms with Gasteiger partial charge in [-0.1, -0.05) is 23.7 Å². The smallest absolute Gasteiger partial charge is 0.261 e. The summed E-state index contributed by atoms with van der Waals surface area (Å²) in [7, 11) is -0.440. The van der Waals surface area contributed by atoms with E-state index >= 15 is 0 Å². The molecule has 1 saturated heterocycles. The molecule has 1 aromatic heterocycles. The topological polar surface area (TPSA) is 84.0 Å². The third-order valence-electron chi connectivity index (χ3n) is 6.04. The van der Waals surface area contributed by atoms with Gasteiger partial charge >= 0.3 is 0 Å². The second-order valence-electron chi connectivity index (χ2n) is 8.36. The predicted octanol–water partition coefficient (Wildman–Crippen LogP) is 4.18. The quantitative estimate of drug-likeness (QED) is 0.480. The molecule has 10 heteroatoms. The Bertz CT molecular complexity index is 1280. The minimum absolute atomic E-state index is 0.113. The van der Waals surface area contributed by atoms with Gasteiger partial charge in [0.05, 0.1) is 31.0 Å². The molecule has 0 unspecified atom stereocenters. The highest BCUT2D eigenvalue weighted by atomic mass is 35.5. The van der Waals surface area contributed by atoms with Gasteiger partial charge < -0.3 is 14.4 Å². The number of aromatic nitrogens is 1. The number of ether oxygens (including phenoxy) is 2. The van der Waals surface area contributed by atoms with E-state index in [-0.39, 0.29) is 4.90 Å². The van der Waals surface area contributed by atoms with Crippen LogP contribution >= 0.6 is 11.6 Å². The lowest BCUT2D eigenvalue weighted by Gasteiger charge is -2.35. The van der Waals surface area contributed by atoms with Gasteiger partial charge in [-0.05, 0) is 42.8 Å². The van der Waals surface area contributed by atoms with Gasteiger partial charge in [-0.15, -0.1) is 0 Å². The lowest BCUT2D eigenvalue weighted by molar-refractivity contribution is 0.245. The summed E-state index contributed by atoms with van der Waals surface area (Å²) in [6, 6.07) is 14.1. The maximum absolute atomic E-state index is 12.7. The number of pyridine rings is 1. The van der Waals surface area contributed by atoms with E-state index in [1.807, 2.05) is 31.2 Å². The van der Waals surface area contributed by atoms with Crippen molar-refractivity contribution in [2.24, 2.45) is 0 Å². The van der Waals surface area contributed by atoms with Crippen LogP contribution in [-0.2, 0) is 16.6 Å². The number of hydrogen-bond donors (Lipinski definition) is 1. The summed E-state index contributed by atoms with van der Waals surface area (Å²) in [5.74, 6) is 2.40. The summed E-state index contributed by atoms with van der Waals surface area (Å²) < 4.78 is 38.8. The van der Waals surface area contributed by atoms with Gasteiger partial charge in [0.15, 0.2) is 0 Å². The molecule has 0 atom stereocenters. The van der Waals surface area contributed by atoms with Gasteiger partial charge in [-0.3, -0.25) is 9.62 Å². The van der Waals surface area contributed by atoms with E-state index in [0.29, 0.717) is 10.7 Å². The fourth-order valence-corrected chi connectivity index (χ4v) is 5.26. The van der Waals surface area contributed by atoms with Crippen molar-refractivity contribution >= 4 is 33.1 Å². The summed E-state index contributed by atoms with van der Waals surface area (Å²) in [6.07, 6.45) is 1.54. The standard InChI is InChI=1S/C25H29ClN4O4S/c1-18-4-8-22(15-23(18)26)35(31,32)28-20-6-9-25(27-16-20)30-12-10-29(11-13-30)17-19-5-7-21(33-2)14-24(19)34-3/h4-9,14-16,28H,10-13,17H2,1-3H3. The molecule has 2 aromatic carbocycles. The number of rotatable bonds is 8. The highest BCUT2D eigenvalue weighted by Crippen LogP contribution is 2.27. The number of nitrogens with zero attached hydrogens (tertiary/aromatic N) is 3. The molecule has 2 heterocycles. The molecule has 0 spiro atoms. The van der Waals surface area contributed by atoms with Crippen LogP contribution in [0.25, 0.3) is 0 Å². The Kier molecular flexibility index (Phi) is 7.69. The lowest BCUT2D eigenvalue weighted by Crippen LogP contribution is -2.46. The Balaban J connectivity index is 1.35. The summed E-state index contributed by atoms with van der Waals surface area (Å²) in [5.41, 5.74) is 2.34.